The third kappa shape index (κ3) is 4.36. The van der Waals surface area contributed by atoms with Crippen LogP contribution in [0.25, 0.3) is 16.3 Å². The standard InChI is InChI=1S/C23H23NO/c1-17(2)21-11-5-6-12-22(21)24-23(25)13-7-8-18-14-15-19-9-3-4-10-20(19)16-18/h3-6,9-12,14-16H,1,7-8,13H2,2H3,(H,24,25). The summed E-state index contributed by atoms with van der Waals surface area (Å²) in [6, 6.07) is 22.6. The molecule has 1 N–H and O–H groups in total. The van der Waals surface area contributed by atoms with Crippen molar-refractivity contribution < 1.29 is 4.79 Å². The molecule has 0 spiro atoms. The van der Waals surface area contributed by atoms with Gasteiger partial charge in [0.05, 0.1) is 0 Å². The quantitative estimate of drug-likeness (QED) is 0.605. The highest BCUT2D eigenvalue weighted by Gasteiger charge is 2.07. The fourth-order valence-electron chi connectivity index (χ4n) is 3.02. The number of aryl methyl sites for hydroxylation is 1. The molecule has 0 fully saturated rings. The van der Waals surface area contributed by atoms with E-state index in [4.69, 9.17) is 0 Å². The van der Waals surface area contributed by atoms with Crippen LogP contribution >= 0.6 is 0 Å². The zero-order valence-electron chi connectivity index (χ0n) is 14.6. The van der Waals surface area contributed by atoms with Crippen LogP contribution in [0, 0.1) is 0 Å². The van der Waals surface area contributed by atoms with E-state index in [0.717, 1.165) is 29.7 Å². The third-order valence-corrected chi connectivity index (χ3v) is 4.34. The van der Waals surface area contributed by atoms with E-state index in [1.807, 2.05) is 31.2 Å². The molecule has 0 unspecified atom stereocenters. The molecule has 0 aliphatic carbocycles. The van der Waals surface area contributed by atoms with Gasteiger partial charge in [0, 0.05) is 17.7 Å². The van der Waals surface area contributed by atoms with Crippen LogP contribution in [-0.2, 0) is 11.2 Å². The number of hydrogen-bond acceptors (Lipinski definition) is 1. The van der Waals surface area contributed by atoms with Gasteiger partial charge in [-0.3, -0.25) is 4.79 Å². The van der Waals surface area contributed by atoms with Gasteiger partial charge in [0.15, 0.2) is 0 Å². The highest BCUT2D eigenvalue weighted by Crippen LogP contribution is 2.22. The molecule has 3 rings (SSSR count). The molecule has 25 heavy (non-hydrogen) atoms. The van der Waals surface area contributed by atoms with Crippen molar-refractivity contribution in [3.63, 3.8) is 0 Å². The van der Waals surface area contributed by atoms with E-state index in [1.165, 1.54) is 16.3 Å². The van der Waals surface area contributed by atoms with Crippen LogP contribution in [0.4, 0.5) is 5.69 Å². The van der Waals surface area contributed by atoms with Crippen molar-refractivity contribution in [3.8, 4) is 0 Å². The van der Waals surface area contributed by atoms with Gasteiger partial charge in [0.2, 0.25) is 5.91 Å². The normalized spacial score (nSPS) is 10.6. The Morgan fingerprint density at radius 2 is 1.68 bits per heavy atom. The Morgan fingerprint density at radius 1 is 0.960 bits per heavy atom. The molecule has 0 aromatic heterocycles. The first-order valence-corrected chi connectivity index (χ1v) is 8.66. The number of rotatable bonds is 6. The zero-order valence-corrected chi connectivity index (χ0v) is 14.6. The van der Waals surface area contributed by atoms with Crippen LogP contribution < -0.4 is 5.32 Å². The first-order chi connectivity index (χ1) is 12.1. The van der Waals surface area contributed by atoms with E-state index in [1.54, 1.807) is 0 Å². The third-order valence-electron chi connectivity index (χ3n) is 4.34. The van der Waals surface area contributed by atoms with Crippen molar-refractivity contribution in [3.05, 3.63) is 84.4 Å². The number of nitrogens with one attached hydrogen (secondary N) is 1. The van der Waals surface area contributed by atoms with Crippen LogP contribution in [-0.4, -0.2) is 5.91 Å². The minimum Gasteiger partial charge on any atom is -0.326 e. The van der Waals surface area contributed by atoms with Gasteiger partial charge in [0.1, 0.15) is 0 Å². The summed E-state index contributed by atoms with van der Waals surface area (Å²) in [6.45, 7) is 5.92. The van der Waals surface area contributed by atoms with Crippen LogP contribution in [0.5, 0.6) is 0 Å². The Kier molecular flexibility index (Phi) is 5.30. The molecule has 0 atom stereocenters. The molecule has 126 valence electrons. The van der Waals surface area contributed by atoms with Crippen molar-refractivity contribution in [2.24, 2.45) is 0 Å². The van der Waals surface area contributed by atoms with Crippen molar-refractivity contribution in [2.45, 2.75) is 26.2 Å². The summed E-state index contributed by atoms with van der Waals surface area (Å²) < 4.78 is 0. The minimum absolute atomic E-state index is 0.0505. The second-order valence-electron chi connectivity index (χ2n) is 6.41. The number of hydrogen-bond donors (Lipinski definition) is 1. The molecular weight excluding hydrogens is 306 g/mol. The molecule has 0 saturated heterocycles. The fraction of sp³-hybridized carbons (Fsp3) is 0.174. The van der Waals surface area contributed by atoms with E-state index in [9.17, 15) is 4.79 Å². The van der Waals surface area contributed by atoms with Crippen LogP contribution in [0.3, 0.4) is 0 Å². The van der Waals surface area contributed by atoms with Gasteiger partial charge in [0.25, 0.3) is 0 Å². The Balaban J connectivity index is 1.56. The van der Waals surface area contributed by atoms with Gasteiger partial charge in [-0.05, 0) is 47.7 Å². The molecule has 2 nitrogen and oxygen atoms in total. The summed E-state index contributed by atoms with van der Waals surface area (Å²) in [5.74, 6) is 0.0505. The number of carbonyl (C=O) groups is 1. The summed E-state index contributed by atoms with van der Waals surface area (Å²) in [6.07, 6.45) is 2.25. The lowest BCUT2D eigenvalue weighted by molar-refractivity contribution is -0.116. The average molecular weight is 329 g/mol. The van der Waals surface area contributed by atoms with E-state index in [2.05, 4.69) is 54.4 Å². The number of anilines is 1. The van der Waals surface area contributed by atoms with Crippen LogP contribution in [0.15, 0.2) is 73.3 Å². The van der Waals surface area contributed by atoms with Crippen LogP contribution in [0.2, 0.25) is 0 Å². The molecule has 3 aromatic carbocycles. The molecule has 0 aliphatic rings. The number of amides is 1. The summed E-state index contributed by atoms with van der Waals surface area (Å²) in [4.78, 5) is 12.2. The largest absolute Gasteiger partial charge is 0.326 e. The summed E-state index contributed by atoms with van der Waals surface area (Å²) in [7, 11) is 0. The van der Waals surface area contributed by atoms with Gasteiger partial charge >= 0.3 is 0 Å². The van der Waals surface area contributed by atoms with Crippen molar-refractivity contribution in [1.82, 2.24) is 0 Å². The Hall–Kier alpha value is -2.87. The maximum Gasteiger partial charge on any atom is 0.224 e. The molecule has 0 saturated carbocycles. The molecule has 2 heteroatoms. The lowest BCUT2D eigenvalue weighted by atomic mass is 10.0. The van der Waals surface area contributed by atoms with Crippen LogP contribution in [0.1, 0.15) is 30.9 Å². The predicted molar refractivity (Wildman–Crippen MR) is 107 cm³/mol. The second kappa shape index (κ2) is 7.80. The average Bonchev–Trinajstić information content (AvgIpc) is 2.62. The predicted octanol–water partition coefficient (Wildman–Crippen LogP) is 5.83. The number of para-hydroxylation sites is 1. The molecule has 0 radical (unpaired) electrons. The highest BCUT2D eigenvalue weighted by molar-refractivity contribution is 5.93. The first kappa shape index (κ1) is 17.0. The Labute approximate surface area is 149 Å². The van der Waals surface area contributed by atoms with E-state index >= 15 is 0 Å². The van der Waals surface area contributed by atoms with Crippen molar-refractivity contribution >= 4 is 27.9 Å². The molecule has 0 heterocycles. The summed E-state index contributed by atoms with van der Waals surface area (Å²) in [5.41, 5.74) is 4.05. The second-order valence-corrected chi connectivity index (χ2v) is 6.41. The van der Waals surface area contributed by atoms with Crippen molar-refractivity contribution in [1.29, 1.82) is 0 Å². The smallest absolute Gasteiger partial charge is 0.224 e. The van der Waals surface area contributed by atoms with E-state index < -0.39 is 0 Å². The zero-order chi connectivity index (χ0) is 17.6. The Morgan fingerprint density at radius 3 is 2.48 bits per heavy atom. The number of fused-ring (bicyclic) bond motifs is 1. The number of carbonyl (C=O) groups excluding carboxylic acids is 1. The molecular formula is C23H23NO. The summed E-state index contributed by atoms with van der Waals surface area (Å²) in [5, 5.41) is 5.51. The lowest BCUT2D eigenvalue weighted by Crippen LogP contribution is -2.12. The summed E-state index contributed by atoms with van der Waals surface area (Å²) >= 11 is 0. The SMILES string of the molecule is C=C(C)c1ccccc1NC(=O)CCCc1ccc2ccccc2c1. The van der Waals surface area contributed by atoms with Crippen molar-refractivity contribution in [2.75, 3.05) is 5.32 Å². The molecule has 1 amide bonds. The lowest BCUT2D eigenvalue weighted by Gasteiger charge is -2.11. The molecule has 0 bridgehead atoms. The molecule has 0 aliphatic heterocycles. The van der Waals surface area contributed by atoms with Gasteiger partial charge < -0.3 is 5.32 Å². The Bertz CT molecular complexity index is 911. The van der Waals surface area contributed by atoms with E-state index in [-0.39, 0.29) is 5.91 Å². The highest BCUT2D eigenvalue weighted by atomic mass is 16.1. The number of benzene rings is 3. The first-order valence-electron chi connectivity index (χ1n) is 8.66. The van der Waals surface area contributed by atoms with Gasteiger partial charge in [-0.15, -0.1) is 0 Å². The van der Waals surface area contributed by atoms with Gasteiger partial charge in [-0.25, -0.2) is 0 Å². The topological polar surface area (TPSA) is 29.1 Å². The maximum atomic E-state index is 12.2. The monoisotopic (exact) mass is 329 g/mol. The van der Waals surface area contributed by atoms with Gasteiger partial charge in [-0.1, -0.05) is 67.2 Å². The molecule has 3 aromatic rings. The fourth-order valence-corrected chi connectivity index (χ4v) is 3.02. The van der Waals surface area contributed by atoms with Gasteiger partial charge in [-0.2, -0.15) is 0 Å². The maximum absolute atomic E-state index is 12.2. The van der Waals surface area contributed by atoms with E-state index in [0.29, 0.717) is 6.42 Å². The number of allylic oxidation sites excluding steroid dienone is 1. The minimum atomic E-state index is 0.0505.